The van der Waals surface area contributed by atoms with Crippen molar-refractivity contribution < 1.29 is 15.3 Å². The lowest BCUT2D eigenvalue weighted by molar-refractivity contribution is 0.398. The van der Waals surface area contributed by atoms with Gasteiger partial charge in [0.15, 0.2) is 11.5 Å². The minimum absolute atomic E-state index is 0.0397. The normalized spacial score (nSPS) is 10.6. The first kappa shape index (κ1) is 12.3. The Bertz CT molecular complexity index is 560. The van der Waals surface area contributed by atoms with Crippen LogP contribution in [0.5, 0.6) is 17.2 Å². The number of aromatic hydroxyl groups is 3. The molecule has 0 aromatic heterocycles. The Hall–Kier alpha value is -2.16. The molecule has 0 radical (unpaired) electrons. The molecule has 0 saturated carbocycles. The predicted molar refractivity (Wildman–Crippen MR) is 71.1 cm³/mol. The summed E-state index contributed by atoms with van der Waals surface area (Å²) in [7, 11) is 0. The van der Waals surface area contributed by atoms with Gasteiger partial charge in [-0.05, 0) is 55.2 Å². The van der Waals surface area contributed by atoms with Crippen molar-refractivity contribution in [3.63, 3.8) is 0 Å². The van der Waals surface area contributed by atoms with E-state index in [2.05, 4.69) is 0 Å². The molecule has 2 rings (SSSR count). The molecular formula is C15H16O3. The molecule has 0 atom stereocenters. The summed E-state index contributed by atoms with van der Waals surface area (Å²) < 4.78 is 0. The van der Waals surface area contributed by atoms with Gasteiger partial charge in [-0.25, -0.2) is 0 Å². The fraction of sp³-hybridized carbons (Fsp3) is 0.200. The lowest BCUT2D eigenvalue weighted by Gasteiger charge is -2.15. The molecule has 0 spiro atoms. The number of rotatable bonds is 1. The average molecular weight is 244 g/mol. The zero-order valence-electron chi connectivity index (χ0n) is 10.7. The number of aryl methyl sites for hydroxylation is 2. The second-order valence-corrected chi connectivity index (χ2v) is 4.53. The van der Waals surface area contributed by atoms with Gasteiger partial charge in [0.25, 0.3) is 0 Å². The highest BCUT2D eigenvalue weighted by Gasteiger charge is 2.18. The van der Waals surface area contributed by atoms with Crippen molar-refractivity contribution in [3.8, 4) is 28.4 Å². The lowest BCUT2D eigenvalue weighted by Crippen LogP contribution is -1.92. The van der Waals surface area contributed by atoms with Crippen LogP contribution in [0.3, 0.4) is 0 Å². The molecule has 0 heterocycles. The highest BCUT2D eigenvalue weighted by atomic mass is 16.3. The van der Waals surface area contributed by atoms with Crippen LogP contribution in [0.25, 0.3) is 11.1 Å². The second kappa shape index (κ2) is 4.26. The molecule has 0 aliphatic rings. The van der Waals surface area contributed by atoms with Crippen molar-refractivity contribution in [1.82, 2.24) is 0 Å². The molecule has 0 saturated heterocycles. The lowest BCUT2D eigenvalue weighted by atomic mass is 9.91. The van der Waals surface area contributed by atoms with Gasteiger partial charge in [0.05, 0.1) is 5.56 Å². The van der Waals surface area contributed by atoms with Gasteiger partial charge in [-0.15, -0.1) is 0 Å². The summed E-state index contributed by atoms with van der Waals surface area (Å²) >= 11 is 0. The van der Waals surface area contributed by atoms with E-state index < -0.39 is 0 Å². The first-order valence-electron chi connectivity index (χ1n) is 5.74. The predicted octanol–water partition coefficient (Wildman–Crippen LogP) is 3.40. The van der Waals surface area contributed by atoms with Gasteiger partial charge in [-0.2, -0.15) is 0 Å². The summed E-state index contributed by atoms with van der Waals surface area (Å²) in [6.45, 7) is 5.81. The fourth-order valence-corrected chi connectivity index (χ4v) is 2.15. The maximum atomic E-state index is 9.96. The van der Waals surface area contributed by atoms with Crippen LogP contribution in [0, 0.1) is 20.8 Å². The van der Waals surface area contributed by atoms with E-state index in [1.54, 1.807) is 0 Å². The van der Waals surface area contributed by atoms with Crippen molar-refractivity contribution in [2.75, 3.05) is 0 Å². The standard InChI is InChI=1S/C15H16O3/c1-8-4-5-9(2)13(10(8)3)14-11(16)6-7-12(17)15(14)18/h4-7,16-18H,1-3H3. The quantitative estimate of drug-likeness (QED) is 0.532. The monoisotopic (exact) mass is 244 g/mol. The van der Waals surface area contributed by atoms with E-state index in [9.17, 15) is 15.3 Å². The van der Waals surface area contributed by atoms with Crippen LogP contribution >= 0.6 is 0 Å². The summed E-state index contributed by atoms with van der Waals surface area (Å²) in [6, 6.07) is 6.58. The smallest absolute Gasteiger partial charge is 0.169 e. The van der Waals surface area contributed by atoms with Crippen LogP contribution in [0.15, 0.2) is 24.3 Å². The topological polar surface area (TPSA) is 60.7 Å². The summed E-state index contributed by atoms with van der Waals surface area (Å²) in [6.07, 6.45) is 0. The van der Waals surface area contributed by atoms with Crippen LogP contribution in [0.4, 0.5) is 0 Å². The van der Waals surface area contributed by atoms with Crippen molar-refractivity contribution in [1.29, 1.82) is 0 Å². The Morgan fingerprint density at radius 1 is 0.667 bits per heavy atom. The molecule has 2 aromatic carbocycles. The van der Waals surface area contributed by atoms with E-state index in [1.807, 2.05) is 32.9 Å². The van der Waals surface area contributed by atoms with Gasteiger partial charge in [0, 0.05) is 0 Å². The first-order chi connectivity index (χ1) is 8.43. The minimum Gasteiger partial charge on any atom is -0.507 e. The molecule has 3 nitrogen and oxygen atoms in total. The third-order valence-electron chi connectivity index (χ3n) is 3.33. The summed E-state index contributed by atoms with van der Waals surface area (Å²) in [4.78, 5) is 0. The van der Waals surface area contributed by atoms with Gasteiger partial charge < -0.3 is 15.3 Å². The van der Waals surface area contributed by atoms with Crippen LogP contribution < -0.4 is 0 Å². The molecule has 18 heavy (non-hydrogen) atoms. The molecule has 0 aliphatic heterocycles. The molecule has 94 valence electrons. The zero-order valence-corrected chi connectivity index (χ0v) is 10.7. The van der Waals surface area contributed by atoms with Gasteiger partial charge in [0.1, 0.15) is 5.75 Å². The molecule has 0 amide bonds. The number of phenols is 3. The Morgan fingerprint density at radius 2 is 1.22 bits per heavy atom. The first-order valence-corrected chi connectivity index (χ1v) is 5.74. The van der Waals surface area contributed by atoms with E-state index >= 15 is 0 Å². The molecule has 0 fully saturated rings. The van der Waals surface area contributed by atoms with Gasteiger partial charge in [0.2, 0.25) is 0 Å². The van der Waals surface area contributed by atoms with Crippen LogP contribution in [0.1, 0.15) is 16.7 Å². The molecule has 3 N–H and O–H groups in total. The summed E-state index contributed by atoms with van der Waals surface area (Å²) in [5, 5.41) is 29.5. The van der Waals surface area contributed by atoms with Crippen LogP contribution in [-0.2, 0) is 0 Å². The SMILES string of the molecule is Cc1ccc(C)c(-c2c(O)ccc(O)c2O)c1C. The largest absolute Gasteiger partial charge is 0.507 e. The van der Waals surface area contributed by atoms with Crippen molar-refractivity contribution in [3.05, 3.63) is 41.0 Å². The summed E-state index contributed by atoms with van der Waals surface area (Å²) in [5.74, 6) is -0.558. The summed E-state index contributed by atoms with van der Waals surface area (Å²) in [5.41, 5.74) is 4.04. The molecule has 0 bridgehead atoms. The van der Waals surface area contributed by atoms with E-state index in [0.29, 0.717) is 0 Å². The van der Waals surface area contributed by atoms with E-state index in [1.165, 1.54) is 12.1 Å². The van der Waals surface area contributed by atoms with E-state index in [0.717, 1.165) is 22.3 Å². The maximum Gasteiger partial charge on any atom is 0.169 e. The number of hydrogen-bond acceptors (Lipinski definition) is 3. The van der Waals surface area contributed by atoms with Gasteiger partial charge in [-0.3, -0.25) is 0 Å². The molecule has 3 heteroatoms. The van der Waals surface area contributed by atoms with Crippen molar-refractivity contribution in [2.45, 2.75) is 20.8 Å². The van der Waals surface area contributed by atoms with Crippen molar-refractivity contribution in [2.24, 2.45) is 0 Å². The number of phenolic OH excluding ortho intramolecular Hbond substituents is 3. The third kappa shape index (κ3) is 1.78. The highest BCUT2D eigenvalue weighted by molar-refractivity contribution is 5.83. The number of benzene rings is 2. The molecule has 2 aromatic rings. The Labute approximate surface area is 106 Å². The number of hydrogen-bond donors (Lipinski definition) is 3. The Balaban J connectivity index is 2.85. The maximum absolute atomic E-state index is 9.96. The Morgan fingerprint density at radius 3 is 1.89 bits per heavy atom. The van der Waals surface area contributed by atoms with E-state index in [-0.39, 0.29) is 22.8 Å². The van der Waals surface area contributed by atoms with Gasteiger partial charge >= 0.3 is 0 Å². The molecule has 0 aliphatic carbocycles. The Kier molecular flexibility index (Phi) is 2.91. The molecular weight excluding hydrogens is 228 g/mol. The third-order valence-corrected chi connectivity index (χ3v) is 3.33. The second-order valence-electron chi connectivity index (χ2n) is 4.53. The van der Waals surface area contributed by atoms with Gasteiger partial charge in [-0.1, -0.05) is 12.1 Å². The van der Waals surface area contributed by atoms with Crippen LogP contribution in [0.2, 0.25) is 0 Å². The van der Waals surface area contributed by atoms with Crippen LogP contribution in [-0.4, -0.2) is 15.3 Å². The van der Waals surface area contributed by atoms with Crippen molar-refractivity contribution >= 4 is 0 Å². The highest BCUT2D eigenvalue weighted by Crippen LogP contribution is 2.45. The molecule has 0 unspecified atom stereocenters. The van der Waals surface area contributed by atoms with E-state index in [4.69, 9.17) is 0 Å². The average Bonchev–Trinajstić information content (AvgIpc) is 2.33. The fourth-order valence-electron chi connectivity index (χ4n) is 2.15. The minimum atomic E-state index is -0.285. The zero-order chi connectivity index (χ0) is 13.4.